The van der Waals surface area contributed by atoms with Gasteiger partial charge in [0.05, 0.1) is 29.1 Å². The first-order valence-electron chi connectivity index (χ1n) is 10.4. The number of ether oxygens (including phenoxy) is 1. The fourth-order valence-corrected chi connectivity index (χ4v) is 4.11. The molecule has 0 fully saturated rings. The summed E-state index contributed by atoms with van der Waals surface area (Å²) in [5.41, 5.74) is 8.29. The first kappa shape index (κ1) is 26.7. The van der Waals surface area contributed by atoms with Crippen LogP contribution in [0.25, 0.3) is 22.0 Å². The van der Waals surface area contributed by atoms with Crippen LogP contribution in [0.15, 0.2) is 88.1 Å². The summed E-state index contributed by atoms with van der Waals surface area (Å²) in [7, 11) is -4.75. The Balaban J connectivity index is 0.00000342. The first-order chi connectivity index (χ1) is 16.4. The number of anilines is 1. The van der Waals surface area contributed by atoms with Crippen LogP contribution >= 0.6 is 0 Å². The average Bonchev–Trinajstić information content (AvgIpc) is 2.84. The van der Waals surface area contributed by atoms with Crippen molar-refractivity contribution >= 4 is 38.0 Å². The van der Waals surface area contributed by atoms with Crippen LogP contribution in [0.2, 0.25) is 0 Å². The summed E-state index contributed by atoms with van der Waals surface area (Å²) in [5, 5.41) is 17.8. The van der Waals surface area contributed by atoms with E-state index in [0.717, 1.165) is 11.6 Å². The number of hydrogen-bond donors (Lipinski definition) is 2. The molecule has 0 aliphatic carbocycles. The molecule has 174 valence electrons. The predicted molar refractivity (Wildman–Crippen MR) is 127 cm³/mol. The summed E-state index contributed by atoms with van der Waals surface area (Å²) in [6.07, 6.45) is 2.03. The number of nitrogens with zero attached hydrogens (tertiary/aromatic N) is 3. The fraction of sp³-hybridized carbons (Fsp3) is 0.125. The minimum absolute atomic E-state index is 0. The third kappa shape index (κ3) is 6.23. The van der Waals surface area contributed by atoms with E-state index >= 15 is 0 Å². The van der Waals surface area contributed by atoms with Gasteiger partial charge in [0.15, 0.2) is 0 Å². The number of aliphatic hydroxyl groups is 1. The molecule has 0 spiro atoms. The molecular formula is C24H21N4NaO5S. The molecule has 0 unspecified atom stereocenters. The Hall–Kier alpha value is -2.86. The Morgan fingerprint density at radius 3 is 2.40 bits per heavy atom. The molecule has 9 nitrogen and oxygen atoms in total. The van der Waals surface area contributed by atoms with Crippen LogP contribution in [-0.2, 0) is 10.1 Å². The second-order valence-corrected chi connectivity index (χ2v) is 8.68. The third-order valence-electron chi connectivity index (χ3n) is 5.04. The van der Waals surface area contributed by atoms with Crippen LogP contribution in [0.4, 0.5) is 17.1 Å². The molecule has 35 heavy (non-hydrogen) atoms. The van der Waals surface area contributed by atoms with Gasteiger partial charge in [-0.2, -0.15) is 0 Å². The second kappa shape index (κ2) is 11.7. The summed E-state index contributed by atoms with van der Waals surface area (Å²) < 4.78 is 41.0. The normalized spacial score (nSPS) is 11.5. The number of hydrogen-bond acceptors (Lipinski definition) is 9. The van der Waals surface area contributed by atoms with E-state index in [1.165, 1.54) is 12.3 Å². The van der Waals surface area contributed by atoms with Gasteiger partial charge in [0.2, 0.25) is 0 Å². The van der Waals surface area contributed by atoms with Gasteiger partial charge in [-0.3, -0.25) is 4.98 Å². The van der Waals surface area contributed by atoms with Crippen molar-refractivity contribution in [2.45, 2.75) is 11.3 Å². The van der Waals surface area contributed by atoms with E-state index in [1.54, 1.807) is 30.3 Å². The van der Waals surface area contributed by atoms with Crippen molar-refractivity contribution in [1.29, 1.82) is 0 Å². The van der Waals surface area contributed by atoms with E-state index in [-0.39, 0.29) is 52.9 Å². The van der Waals surface area contributed by atoms with Gasteiger partial charge in [0.25, 0.3) is 0 Å². The van der Waals surface area contributed by atoms with Crippen molar-refractivity contribution in [2.75, 3.05) is 18.9 Å². The summed E-state index contributed by atoms with van der Waals surface area (Å²) >= 11 is 0. The zero-order valence-electron chi connectivity index (χ0n) is 19.0. The molecule has 0 saturated carbocycles. The van der Waals surface area contributed by atoms with E-state index in [9.17, 15) is 13.0 Å². The zero-order chi connectivity index (χ0) is 24.1. The molecule has 3 aromatic carbocycles. The molecule has 0 saturated heterocycles. The Bertz CT molecular complexity index is 1460. The van der Waals surface area contributed by atoms with E-state index in [4.69, 9.17) is 15.6 Å². The number of pyridine rings is 1. The minimum Gasteiger partial charge on any atom is -0.744 e. The maximum absolute atomic E-state index is 11.8. The van der Waals surface area contributed by atoms with Crippen molar-refractivity contribution in [3.05, 3.63) is 72.9 Å². The first-order valence-corrected chi connectivity index (χ1v) is 11.8. The van der Waals surface area contributed by atoms with Crippen molar-refractivity contribution in [3.8, 4) is 17.0 Å². The standard InChI is InChI=1S/C24H22N4O5S.Na/c25-24-18-7-2-1-6-17(18)23(34(30,31)32)14-21(24)28-27-16-10-11-20(26-15-16)19-8-3-4-9-22(19)33-13-5-12-29;/h1-4,6-11,14-15,29H,5,12-13,25H2,(H,30,31,32);/q;+1/p-1. The summed E-state index contributed by atoms with van der Waals surface area (Å²) in [4.78, 5) is 4.01. The Morgan fingerprint density at radius 2 is 1.71 bits per heavy atom. The van der Waals surface area contributed by atoms with Gasteiger partial charge in [-0.15, -0.1) is 10.2 Å². The van der Waals surface area contributed by atoms with Gasteiger partial charge in [-0.25, -0.2) is 8.42 Å². The maximum atomic E-state index is 11.8. The van der Waals surface area contributed by atoms with Crippen LogP contribution in [0.3, 0.4) is 0 Å². The fourth-order valence-electron chi connectivity index (χ4n) is 3.41. The van der Waals surface area contributed by atoms with Crippen LogP contribution in [0.5, 0.6) is 5.75 Å². The molecule has 0 bridgehead atoms. The predicted octanol–water partition coefficient (Wildman–Crippen LogP) is 1.57. The average molecular weight is 501 g/mol. The smallest absolute Gasteiger partial charge is 0.744 e. The molecule has 4 rings (SSSR count). The summed E-state index contributed by atoms with van der Waals surface area (Å²) in [6, 6.07) is 18.4. The number of azo groups is 1. The molecule has 0 amide bonds. The van der Waals surface area contributed by atoms with Gasteiger partial charge in [0, 0.05) is 29.4 Å². The van der Waals surface area contributed by atoms with Gasteiger partial charge in [-0.05, 0) is 30.3 Å². The van der Waals surface area contributed by atoms with Gasteiger partial charge < -0.3 is 20.1 Å². The van der Waals surface area contributed by atoms with Crippen molar-refractivity contribution in [1.82, 2.24) is 4.98 Å². The molecule has 1 heterocycles. The van der Waals surface area contributed by atoms with E-state index in [2.05, 4.69) is 15.2 Å². The van der Waals surface area contributed by atoms with Crippen LogP contribution in [-0.4, -0.2) is 36.3 Å². The monoisotopic (exact) mass is 500 g/mol. The van der Waals surface area contributed by atoms with Gasteiger partial charge in [0.1, 0.15) is 27.2 Å². The number of aliphatic hydroxyl groups excluding tert-OH is 1. The third-order valence-corrected chi connectivity index (χ3v) is 5.92. The summed E-state index contributed by atoms with van der Waals surface area (Å²) in [6.45, 7) is 0.429. The number of rotatable bonds is 8. The van der Waals surface area contributed by atoms with E-state index < -0.39 is 15.0 Å². The van der Waals surface area contributed by atoms with Crippen molar-refractivity contribution < 1.29 is 52.4 Å². The molecule has 11 heteroatoms. The molecule has 0 radical (unpaired) electrons. The largest absolute Gasteiger partial charge is 1.00 e. The molecule has 0 atom stereocenters. The number of fused-ring (bicyclic) bond motifs is 1. The van der Waals surface area contributed by atoms with E-state index in [1.807, 2.05) is 24.3 Å². The maximum Gasteiger partial charge on any atom is 1.00 e. The Kier molecular flexibility index (Phi) is 8.95. The van der Waals surface area contributed by atoms with Gasteiger partial charge >= 0.3 is 29.6 Å². The van der Waals surface area contributed by atoms with Crippen molar-refractivity contribution in [3.63, 3.8) is 0 Å². The summed E-state index contributed by atoms with van der Waals surface area (Å²) in [5.74, 6) is 0.646. The molecule has 1 aromatic heterocycles. The number of nitrogen functional groups attached to an aromatic ring is 1. The topological polar surface area (TPSA) is 150 Å². The van der Waals surface area contributed by atoms with Crippen LogP contribution in [0.1, 0.15) is 6.42 Å². The van der Waals surface area contributed by atoms with E-state index in [0.29, 0.717) is 35.5 Å². The molecule has 0 aliphatic rings. The Morgan fingerprint density at radius 1 is 1.00 bits per heavy atom. The zero-order valence-corrected chi connectivity index (χ0v) is 21.8. The molecule has 4 aromatic rings. The number of para-hydroxylation sites is 1. The van der Waals surface area contributed by atoms with Crippen LogP contribution < -0.4 is 40.0 Å². The molecule has 0 aliphatic heterocycles. The quantitative estimate of drug-likeness (QED) is 0.123. The molecular weight excluding hydrogens is 479 g/mol. The number of benzene rings is 3. The minimum atomic E-state index is -4.75. The number of aromatic nitrogens is 1. The number of nitrogens with two attached hydrogens (primary N) is 1. The Labute approximate surface area is 224 Å². The van der Waals surface area contributed by atoms with Gasteiger partial charge in [-0.1, -0.05) is 36.4 Å². The molecule has 3 N–H and O–H groups in total. The SMILES string of the molecule is Nc1c(N=Nc2ccc(-c3ccccc3OCCCO)nc2)cc(S(=O)(=O)[O-])c2ccccc12.[Na+]. The van der Waals surface area contributed by atoms with Crippen LogP contribution in [0, 0.1) is 0 Å². The second-order valence-electron chi connectivity index (χ2n) is 7.33. The van der Waals surface area contributed by atoms with Crippen molar-refractivity contribution in [2.24, 2.45) is 10.2 Å².